The fourth-order valence-electron chi connectivity index (χ4n) is 1.80. The number of rotatable bonds is 1. The molecule has 2 rings (SSSR count). The first-order valence-corrected chi connectivity index (χ1v) is 5.98. The SMILES string of the molecule is CC(C)(C)OC(=O)N1CC(c2ccc(O)nc2)C1. The third-order valence-electron chi connectivity index (χ3n) is 2.78. The van der Waals surface area contributed by atoms with Crippen molar-refractivity contribution in [3.05, 3.63) is 23.9 Å². The second-order valence-corrected chi connectivity index (χ2v) is 5.53. The summed E-state index contributed by atoms with van der Waals surface area (Å²) in [6, 6.07) is 3.39. The number of likely N-dealkylation sites (tertiary alicyclic amines) is 1. The van der Waals surface area contributed by atoms with Crippen molar-refractivity contribution in [2.24, 2.45) is 0 Å². The smallest absolute Gasteiger partial charge is 0.410 e. The average molecular weight is 250 g/mol. The van der Waals surface area contributed by atoms with Gasteiger partial charge in [0, 0.05) is 31.3 Å². The van der Waals surface area contributed by atoms with Crippen LogP contribution in [0.1, 0.15) is 32.3 Å². The molecule has 0 spiro atoms. The molecule has 5 nitrogen and oxygen atoms in total. The van der Waals surface area contributed by atoms with E-state index < -0.39 is 5.60 Å². The van der Waals surface area contributed by atoms with Gasteiger partial charge in [0.05, 0.1) is 0 Å². The molecular weight excluding hydrogens is 232 g/mol. The zero-order valence-electron chi connectivity index (χ0n) is 10.9. The molecule has 98 valence electrons. The van der Waals surface area contributed by atoms with E-state index in [-0.39, 0.29) is 17.9 Å². The number of aromatic nitrogens is 1. The van der Waals surface area contributed by atoms with Gasteiger partial charge in [0.25, 0.3) is 0 Å². The topological polar surface area (TPSA) is 62.7 Å². The molecule has 1 aliphatic heterocycles. The highest BCUT2D eigenvalue weighted by atomic mass is 16.6. The summed E-state index contributed by atoms with van der Waals surface area (Å²) in [5, 5.41) is 9.10. The third kappa shape index (κ3) is 2.91. The van der Waals surface area contributed by atoms with E-state index in [1.807, 2.05) is 26.8 Å². The quantitative estimate of drug-likeness (QED) is 0.829. The molecule has 1 N–H and O–H groups in total. The Bertz CT molecular complexity index is 431. The van der Waals surface area contributed by atoms with Crippen LogP contribution in [0.15, 0.2) is 18.3 Å². The zero-order valence-corrected chi connectivity index (χ0v) is 10.9. The highest BCUT2D eigenvalue weighted by molar-refractivity contribution is 5.69. The summed E-state index contributed by atoms with van der Waals surface area (Å²) in [5.74, 6) is 0.299. The molecule has 5 heteroatoms. The van der Waals surface area contributed by atoms with Gasteiger partial charge in [-0.1, -0.05) is 6.07 Å². The van der Waals surface area contributed by atoms with Crippen LogP contribution in [0.3, 0.4) is 0 Å². The van der Waals surface area contributed by atoms with E-state index in [9.17, 15) is 4.79 Å². The summed E-state index contributed by atoms with van der Waals surface area (Å²) in [5.41, 5.74) is 0.579. The van der Waals surface area contributed by atoms with Crippen LogP contribution in [0.2, 0.25) is 0 Å². The maximum Gasteiger partial charge on any atom is 0.410 e. The summed E-state index contributed by atoms with van der Waals surface area (Å²) in [7, 11) is 0. The molecule has 0 radical (unpaired) electrons. The van der Waals surface area contributed by atoms with Gasteiger partial charge < -0.3 is 14.7 Å². The molecule has 1 amide bonds. The number of carbonyl (C=O) groups excluding carboxylic acids is 1. The molecule has 1 aliphatic rings. The number of amides is 1. The van der Waals surface area contributed by atoms with Gasteiger partial charge in [-0.15, -0.1) is 0 Å². The molecule has 0 unspecified atom stereocenters. The van der Waals surface area contributed by atoms with Crippen LogP contribution >= 0.6 is 0 Å². The number of hydrogen-bond donors (Lipinski definition) is 1. The second-order valence-electron chi connectivity index (χ2n) is 5.53. The molecule has 0 bridgehead atoms. The molecular formula is C13H18N2O3. The van der Waals surface area contributed by atoms with Gasteiger partial charge in [-0.3, -0.25) is 0 Å². The highest BCUT2D eigenvalue weighted by Crippen LogP contribution is 2.28. The summed E-state index contributed by atoms with van der Waals surface area (Å²) in [6.07, 6.45) is 1.37. The Labute approximate surface area is 106 Å². The van der Waals surface area contributed by atoms with E-state index in [4.69, 9.17) is 9.84 Å². The van der Waals surface area contributed by atoms with Crippen LogP contribution in [-0.4, -0.2) is 39.8 Å². The van der Waals surface area contributed by atoms with Crippen molar-refractivity contribution in [2.45, 2.75) is 32.3 Å². The Morgan fingerprint density at radius 3 is 2.61 bits per heavy atom. The molecule has 0 aromatic carbocycles. The van der Waals surface area contributed by atoms with Crippen LogP contribution in [0.25, 0.3) is 0 Å². The normalized spacial score (nSPS) is 16.3. The first-order valence-electron chi connectivity index (χ1n) is 5.98. The van der Waals surface area contributed by atoms with Crippen molar-refractivity contribution >= 4 is 6.09 Å². The van der Waals surface area contributed by atoms with Crippen LogP contribution in [0.5, 0.6) is 5.88 Å². The Kier molecular flexibility index (Phi) is 3.15. The van der Waals surface area contributed by atoms with Crippen molar-refractivity contribution in [3.63, 3.8) is 0 Å². The van der Waals surface area contributed by atoms with Crippen molar-refractivity contribution in [3.8, 4) is 5.88 Å². The lowest BCUT2D eigenvalue weighted by molar-refractivity contribution is 0.00816. The maximum atomic E-state index is 11.7. The molecule has 0 saturated carbocycles. The predicted molar refractivity (Wildman–Crippen MR) is 66.4 cm³/mol. The summed E-state index contributed by atoms with van der Waals surface area (Å²) < 4.78 is 5.28. The fraction of sp³-hybridized carbons (Fsp3) is 0.538. The van der Waals surface area contributed by atoms with Gasteiger partial charge in [0.2, 0.25) is 5.88 Å². The minimum Gasteiger partial charge on any atom is -0.493 e. The number of nitrogens with zero attached hydrogens (tertiary/aromatic N) is 2. The maximum absolute atomic E-state index is 11.7. The van der Waals surface area contributed by atoms with Crippen molar-refractivity contribution in [1.29, 1.82) is 0 Å². The zero-order chi connectivity index (χ0) is 13.3. The second kappa shape index (κ2) is 4.48. The third-order valence-corrected chi connectivity index (χ3v) is 2.78. The lowest BCUT2D eigenvalue weighted by atomic mass is 9.93. The molecule has 1 aromatic rings. The minimum atomic E-state index is -0.456. The van der Waals surface area contributed by atoms with Crippen molar-refractivity contribution in [1.82, 2.24) is 9.88 Å². The number of carbonyl (C=O) groups is 1. The largest absolute Gasteiger partial charge is 0.493 e. The molecule has 2 heterocycles. The lowest BCUT2D eigenvalue weighted by Gasteiger charge is -2.39. The van der Waals surface area contributed by atoms with E-state index in [0.717, 1.165) is 5.56 Å². The first kappa shape index (κ1) is 12.7. The first-order chi connectivity index (χ1) is 8.35. The molecule has 1 fully saturated rings. The standard InChI is InChI=1S/C13H18N2O3/c1-13(2,3)18-12(17)15-7-10(8-15)9-4-5-11(16)14-6-9/h4-6,10H,7-8H2,1-3H3,(H,14,16). The van der Waals surface area contributed by atoms with E-state index in [1.54, 1.807) is 17.2 Å². The molecule has 1 saturated heterocycles. The van der Waals surface area contributed by atoms with Gasteiger partial charge in [0.1, 0.15) is 5.60 Å². The summed E-state index contributed by atoms with van der Waals surface area (Å²) in [4.78, 5) is 17.2. The van der Waals surface area contributed by atoms with Gasteiger partial charge in [0.15, 0.2) is 0 Å². The molecule has 0 aliphatic carbocycles. The Balaban J connectivity index is 1.87. The van der Waals surface area contributed by atoms with Crippen LogP contribution in [0.4, 0.5) is 4.79 Å². The van der Waals surface area contributed by atoms with Crippen molar-refractivity contribution in [2.75, 3.05) is 13.1 Å². The lowest BCUT2D eigenvalue weighted by Crippen LogP contribution is -2.50. The van der Waals surface area contributed by atoms with E-state index >= 15 is 0 Å². The van der Waals surface area contributed by atoms with Crippen LogP contribution < -0.4 is 0 Å². The van der Waals surface area contributed by atoms with Crippen molar-refractivity contribution < 1.29 is 14.6 Å². The van der Waals surface area contributed by atoms with Crippen LogP contribution in [0, 0.1) is 0 Å². The highest BCUT2D eigenvalue weighted by Gasteiger charge is 2.34. The van der Waals surface area contributed by atoms with Gasteiger partial charge >= 0.3 is 6.09 Å². The number of pyridine rings is 1. The molecule has 1 aromatic heterocycles. The molecule has 18 heavy (non-hydrogen) atoms. The average Bonchev–Trinajstić information content (AvgIpc) is 2.15. The number of aromatic hydroxyl groups is 1. The van der Waals surface area contributed by atoms with Gasteiger partial charge in [-0.05, 0) is 26.3 Å². The summed E-state index contributed by atoms with van der Waals surface area (Å²) in [6.45, 7) is 6.84. The summed E-state index contributed by atoms with van der Waals surface area (Å²) >= 11 is 0. The predicted octanol–water partition coefficient (Wildman–Crippen LogP) is 2.12. The Morgan fingerprint density at radius 2 is 2.11 bits per heavy atom. The molecule has 0 atom stereocenters. The number of hydrogen-bond acceptors (Lipinski definition) is 4. The Morgan fingerprint density at radius 1 is 1.44 bits per heavy atom. The monoisotopic (exact) mass is 250 g/mol. The minimum absolute atomic E-state index is 0.0158. The van der Waals surface area contributed by atoms with E-state index in [1.165, 1.54) is 0 Å². The Hall–Kier alpha value is -1.78. The van der Waals surface area contributed by atoms with Crippen LogP contribution in [-0.2, 0) is 4.74 Å². The van der Waals surface area contributed by atoms with Gasteiger partial charge in [-0.25, -0.2) is 9.78 Å². The van der Waals surface area contributed by atoms with E-state index in [0.29, 0.717) is 13.1 Å². The van der Waals surface area contributed by atoms with Gasteiger partial charge in [-0.2, -0.15) is 0 Å². The van der Waals surface area contributed by atoms with E-state index in [2.05, 4.69) is 4.98 Å². The fourth-order valence-corrected chi connectivity index (χ4v) is 1.80. The number of ether oxygens (including phenoxy) is 1.